The van der Waals surface area contributed by atoms with Crippen molar-refractivity contribution >= 4 is 39.8 Å². The number of carbonyl (C=O) groups is 1. The minimum Gasteiger partial charge on any atom is -0.496 e. The van der Waals surface area contributed by atoms with E-state index in [2.05, 4.69) is 15.3 Å². The Morgan fingerprint density at radius 2 is 2.12 bits per heavy atom. The van der Waals surface area contributed by atoms with Crippen LogP contribution in [-0.2, 0) is 0 Å². The lowest BCUT2D eigenvalue weighted by Crippen LogP contribution is -1.99. The quantitative estimate of drug-likeness (QED) is 0.618. The van der Waals surface area contributed by atoms with E-state index in [1.165, 1.54) is 0 Å². The van der Waals surface area contributed by atoms with Crippen molar-refractivity contribution < 1.29 is 9.53 Å². The van der Waals surface area contributed by atoms with Crippen LogP contribution in [0.4, 0.5) is 10.9 Å². The van der Waals surface area contributed by atoms with Crippen LogP contribution in [0.2, 0.25) is 0 Å². The van der Waals surface area contributed by atoms with Crippen molar-refractivity contribution in [1.82, 2.24) is 9.97 Å². The summed E-state index contributed by atoms with van der Waals surface area (Å²) in [5.74, 6) is 1.35. The molecule has 3 rings (SSSR count). The van der Waals surface area contributed by atoms with Crippen LogP contribution in [-0.4, -0.2) is 22.9 Å². The number of carbonyl (C=O) groups excluding carboxylic acids is 1. The van der Waals surface area contributed by atoms with E-state index < -0.39 is 0 Å². The average molecular weight is 371 g/mol. The van der Waals surface area contributed by atoms with Gasteiger partial charge in [-0.15, -0.1) is 0 Å². The molecule has 0 unspecified atom stereocenters. The standard InChI is InChI=1S/C18H17N3O2S2/c1-11-8-14(23-3)13(12(2)22)9-15(11)24-17-10-20-18(25-17)21-16-6-4-5-7-19-16/h4-10H,1-3H3,(H,19,20,21). The van der Waals surface area contributed by atoms with Crippen molar-refractivity contribution in [2.45, 2.75) is 23.0 Å². The van der Waals surface area contributed by atoms with Gasteiger partial charge in [0.25, 0.3) is 0 Å². The maximum absolute atomic E-state index is 11.8. The highest BCUT2D eigenvalue weighted by atomic mass is 32.2. The molecule has 1 N–H and O–H groups in total. The number of nitrogens with one attached hydrogen (secondary N) is 1. The number of rotatable bonds is 6. The Kier molecular flexibility index (Phi) is 5.35. The fourth-order valence-corrected chi connectivity index (χ4v) is 4.18. The van der Waals surface area contributed by atoms with Crippen molar-refractivity contribution in [3.05, 3.63) is 53.9 Å². The van der Waals surface area contributed by atoms with Crippen LogP contribution in [0.3, 0.4) is 0 Å². The molecule has 0 aliphatic heterocycles. The number of aromatic nitrogens is 2. The van der Waals surface area contributed by atoms with Gasteiger partial charge in [0.05, 0.1) is 23.1 Å². The molecule has 128 valence electrons. The molecule has 0 atom stereocenters. The van der Waals surface area contributed by atoms with Crippen molar-refractivity contribution in [3.8, 4) is 5.75 Å². The smallest absolute Gasteiger partial charge is 0.189 e. The minimum atomic E-state index is -0.0134. The third-order valence-electron chi connectivity index (χ3n) is 3.47. The van der Waals surface area contributed by atoms with Crippen molar-refractivity contribution in [2.24, 2.45) is 0 Å². The van der Waals surface area contributed by atoms with E-state index in [0.29, 0.717) is 11.3 Å². The van der Waals surface area contributed by atoms with Gasteiger partial charge in [-0.25, -0.2) is 9.97 Å². The van der Waals surface area contributed by atoms with E-state index in [4.69, 9.17) is 4.74 Å². The second-order valence-electron chi connectivity index (χ2n) is 5.30. The summed E-state index contributed by atoms with van der Waals surface area (Å²) < 4.78 is 6.34. The molecule has 7 heteroatoms. The van der Waals surface area contributed by atoms with Gasteiger partial charge >= 0.3 is 0 Å². The Hall–Kier alpha value is -2.38. The maximum Gasteiger partial charge on any atom is 0.189 e. The predicted molar refractivity (Wildman–Crippen MR) is 101 cm³/mol. The number of ketones is 1. The number of benzene rings is 1. The van der Waals surface area contributed by atoms with E-state index in [0.717, 1.165) is 25.6 Å². The normalized spacial score (nSPS) is 10.5. The van der Waals surface area contributed by atoms with Gasteiger partial charge in [-0.1, -0.05) is 29.2 Å². The zero-order valence-electron chi connectivity index (χ0n) is 14.1. The summed E-state index contributed by atoms with van der Waals surface area (Å²) in [5.41, 5.74) is 1.64. The Morgan fingerprint density at radius 1 is 1.28 bits per heavy atom. The highest BCUT2D eigenvalue weighted by molar-refractivity contribution is 8.01. The zero-order chi connectivity index (χ0) is 17.8. The van der Waals surface area contributed by atoms with E-state index in [1.54, 1.807) is 43.3 Å². The lowest BCUT2D eigenvalue weighted by atomic mass is 10.1. The maximum atomic E-state index is 11.8. The summed E-state index contributed by atoms with van der Waals surface area (Å²) in [4.78, 5) is 21.5. The van der Waals surface area contributed by atoms with E-state index in [1.807, 2.05) is 43.5 Å². The van der Waals surface area contributed by atoms with E-state index in [9.17, 15) is 4.79 Å². The van der Waals surface area contributed by atoms with Gasteiger partial charge in [0.2, 0.25) is 0 Å². The summed E-state index contributed by atoms with van der Waals surface area (Å²) in [6, 6.07) is 9.46. The average Bonchev–Trinajstić information content (AvgIpc) is 3.04. The third-order valence-corrected chi connectivity index (χ3v) is 5.65. The van der Waals surface area contributed by atoms with E-state index >= 15 is 0 Å². The molecule has 3 aromatic rings. The summed E-state index contributed by atoms with van der Waals surface area (Å²) in [5, 5.41) is 3.96. The molecule has 2 heterocycles. The highest BCUT2D eigenvalue weighted by Gasteiger charge is 2.14. The largest absolute Gasteiger partial charge is 0.496 e. The van der Waals surface area contributed by atoms with Crippen LogP contribution in [0.25, 0.3) is 0 Å². The number of hydrogen-bond donors (Lipinski definition) is 1. The van der Waals surface area contributed by atoms with Crippen LogP contribution in [0.1, 0.15) is 22.8 Å². The fourth-order valence-electron chi connectivity index (χ4n) is 2.23. The predicted octanol–water partition coefficient (Wildman–Crippen LogP) is 4.95. The molecule has 0 spiro atoms. The number of hydrogen-bond acceptors (Lipinski definition) is 7. The molecule has 5 nitrogen and oxygen atoms in total. The number of thiazole rings is 1. The number of nitrogens with zero attached hydrogens (tertiary/aromatic N) is 2. The molecule has 2 aromatic heterocycles. The van der Waals surface area contributed by atoms with Crippen molar-refractivity contribution in [2.75, 3.05) is 12.4 Å². The number of methoxy groups -OCH3 is 1. The van der Waals surface area contributed by atoms with Crippen LogP contribution in [0.5, 0.6) is 5.75 Å². The number of Topliss-reactive ketones (excluding diaryl/α,β-unsaturated/α-hetero) is 1. The van der Waals surface area contributed by atoms with Gasteiger partial charge < -0.3 is 10.1 Å². The first-order chi connectivity index (χ1) is 12.1. The van der Waals surface area contributed by atoms with Crippen LogP contribution < -0.4 is 10.1 Å². The summed E-state index contributed by atoms with van der Waals surface area (Å²) in [6.07, 6.45) is 3.55. The van der Waals surface area contributed by atoms with Crippen molar-refractivity contribution in [1.29, 1.82) is 0 Å². The summed E-state index contributed by atoms with van der Waals surface area (Å²) >= 11 is 3.12. The van der Waals surface area contributed by atoms with Gasteiger partial charge in [0.1, 0.15) is 11.6 Å². The molecule has 0 amide bonds. The topological polar surface area (TPSA) is 64.1 Å². The number of aryl methyl sites for hydroxylation is 1. The molecule has 0 aliphatic carbocycles. The first-order valence-corrected chi connectivity index (χ1v) is 9.21. The monoisotopic (exact) mass is 371 g/mol. The molecule has 0 fully saturated rings. The zero-order valence-corrected chi connectivity index (χ0v) is 15.7. The molecule has 0 saturated heterocycles. The van der Waals surface area contributed by atoms with Crippen LogP contribution in [0, 0.1) is 6.92 Å². The molecule has 1 aromatic carbocycles. The second-order valence-corrected chi connectivity index (χ2v) is 7.67. The Labute approximate surface area is 154 Å². The van der Waals surface area contributed by atoms with Gasteiger partial charge in [-0.2, -0.15) is 0 Å². The number of ether oxygens (including phenoxy) is 1. The van der Waals surface area contributed by atoms with Gasteiger partial charge in [0.15, 0.2) is 10.9 Å². The molecular formula is C18H17N3O2S2. The summed E-state index contributed by atoms with van der Waals surface area (Å²) in [6.45, 7) is 3.55. The molecule has 0 radical (unpaired) electrons. The van der Waals surface area contributed by atoms with Crippen molar-refractivity contribution in [3.63, 3.8) is 0 Å². The van der Waals surface area contributed by atoms with E-state index in [-0.39, 0.29) is 5.78 Å². The molecule has 0 saturated carbocycles. The Balaban J connectivity index is 1.81. The number of pyridine rings is 1. The fraction of sp³-hybridized carbons (Fsp3) is 0.167. The number of anilines is 2. The van der Waals surface area contributed by atoms with Gasteiger partial charge in [-0.05, 0) is 43.7 Å². The minimum absolute atomic E-state index is 0.0134. The Morgan fingerprint density at radius 3 is 2.80 bits per heavy atom. The van der Waals surface area contributed by atoms with Crippen LogP contribution in [0.15, 0.2) is 51.8 Å². The SMILES string of the molecule is COc1cc(C)c(Sc2cnc(Nc3ccccn3)s2)cc1C(C)=O. The molecule has 0 bridgehead atoms. The molecule has 0 aliphatic rings. The third kappa shape index (κ3) is 4.18. The lowest BCUT2D eigenvalue weighted by molar-refractivity contribution is 0.101. The summed E-state index contributed by atoms with van der Waals surface area (Å²) in [7, 11) is 1.58. The highest BCUT2D eigenvalue weighted by Crippen LogP contribution is 2.38. The molecule has 25 heavy (non-hydrogen) atoms. The molecular weight excluding hydrogens is 354 g/mol. The Bertz CT molecular complexity index is 895. The van der Waals surface area contributed by atoms with Gasteiger partial charge in [-0.3, -0.25) is 4.79 Å². The first kappa shape index (κ1) is 17.4. The lowest BCUT2D eigenvalue weighted by Gasteiger charge is -2.11. The second kappa shape index (κ2) is 7.67. The van der Waals surface area contributed by atoms with Crippen LogP contribution >= 0.6 is 23.1 Å². The van der Waals surface area contributed by atoms with Gasteiger partial charge in [0, 0.05) is 11.1 Å². The first-order valence-electron chi connectivity index (χ1n) is 7.58.